The molecule has 4 rings (SSSR count). The van der Waals surface area contributed by atoms with Crippen molar-refractivity contribution in [2.24, 2.45) is 0 Å². The third-order valence-electron chi connectivity index (χ3n) is 4.70. The van der Waals surface area contributed by atoms with Crippen LogP contribution in [-0.4, -0.2) is 41.3 Å². The van der Waals surface area contributed by atoms with Crippen LogP contribution in [-0.2, 0) is 20.9 Å². The van der Waals surface area contributed by atoms with Crippen LogP contribution >= 0.6 is 24.0 Å². The highest BCUT2D eigenvalue weighted by molar-refractivity contribution is 8.26. The lowest BCUT2D eigenvalue weighted by Gasteiger charge is -2.17. The highest BCUT2D eigenvalue weighted by Gasteiger charge is 2.41. The first-order chi connectivity index (χ1) is 13.6. The van der Waals surface area contributed by atoms with Crippen LogP contribution in [0.3, 0.4) is 0 Å². The number of thioether (sulfide) groups is 1. The number of para-hydroxylation sites is 1. The van der Waals surface area contributed by atoms with Gasteiger partial charge in [0.05, 0.1) is 35.9 Å². The second-order valence-corrected chi connectivity index (χ2v) is 8.06. The number of rotatable bonds is 5. The van der Waals surface area contributed by atoms with Crippen LogP contribution in [0.1, 0.15) is 11.1 Å². The molecule has 0 aliphatic carbocycles. The van der Waals surface area contributed by atoms with Gasteiger partial charge in [0, 0.05) is 12.7 Å². The molecule has 0 aromatic heterocycles. The smallest absolute Gasteiger partial charge is 0.267 e. The van der Waals surface area contributed by atoms with Crippen LogP contribution in [0, 0.1) is 0 Å². The number of carbonyl (C=O) groups is 2. The predicted octanol–water partition coefficient (Wildman–Crippen LogP) is 3.45. The van der Waals surface area contributed by atoms with Crippen LogP contribution in [0.25, 0.3) is 5.57 Å². The van der Waals surface area contributed by atoms with Crippen LogP contribution in [0.2, 0.25) is 0 Å². The lowest BCUT2D eigenvalue weighted by molar-refractivity contribution is -0.123. The number of nitrogens with zero attached hydrogens (tertiary/aromatic N) is 2. The third-order valence-corrected chi connectivity index (χ3v) is 6.15. The molecule has 2 amide bonds. The normalized spacial score (nSPS) is 19.0. The van der Waals surface area contributed by atoms with E-state index in [0.29, 0.717) is 34.5 Å². The number of thiocarbonyl (C=S) groups is 1. The number of ether oxygens (including phenoxy) is 1. The van der Waals surface area contributed by atoms with E-state index in [2.05, 4.69) is 0 Å². The van der Waals surface area contributed by atoms with Gasteiger partial charge in [0.15, 0.2) is 0 Å². The lowest BCUT2D eigenvalue weighted by atomic mass is 10.1. The number of hydrogen-bond acceptors (Lipinski definition) is 5. The summed E-state index contributed by atoms with van der Waals surface area (Å²) in [6.45, 7) is 1.21. The average molecular weight is 411 g/mol. The number of fused-ring (bicyclic) bond motifs is 1. The molecule has 0 unspecified atom stereocenters. The Labute approximate surface area is 173 Å². The summed E-state index contributed by atoms with van der Waals surface area (Å²) in [7, 11) is 1.58. The van der Waals surface area contributed by atoms with Gasteiger partial charge >= 0.3 is 0 Å². The summed E-state index contributed by atoms with van der Waals surface area (Å²) in [4.78, 5) is 29.9. The first kappa shape index (κ1) is 18.9. The van der Waals surface area contributed by atoms with E-state index >= 15 is 0 Å². The van der Waals surface area contributed by atoms with E-state index in [0.717, 1.165) is 16.8 Å². The molecule has 2 heterocycles. The highest BCUT2D eigenvalue weighted by atomic mass is 32.2. The van der Waals surface area contributed by atoms with Crippen molar-refractivity contribution in [3.8, 4) is 0 Å². The molecule has 7 heteroatoms. The van der Waals surface area contributed by atoms with Gasteiger partial charge in [-0.05, 0) is 11.6 Å². The van der Waals surface area contributed by atoms with Gasteiger partial charge in [0.2, 0.25) is 0 Å². The summed E-state index contributed by atoms with van der Waals surface area (Å²) in [5.74, 6) is -0.399. The van der Waals surface area contributed by atoms with E-state index in [4.69, 9.17) is 17.0 Å². The maximum atomic E-state index is 13.3. The van der Waals surface area contributed by atoms with Gasteiger partial charge < -0.3 is 9.64 Å². The number of amides is 2. The van der Waals surface area contributed by atoms with Crippen molar-refractivity contribution in [1.82, 2.24) is 4.90 Å². The molecule has 1 fully saturated rings. The fraction of sp³-hybridized carbons (Fsp3) is 0.190. The number of hydrogen-bond donors (Lipinski definition) is 0. The molecular weight excluding hydrogens is 392 g/mol. The van der Waals surface area contributed by atoms with E-state index in [1.165, 1.54) is 16.7 Å². The zero-order valence-electron chi connectivity index (χ0n) is 15.3. The molecule has 0 spiro atoms. The zero-order chi connectivity index (χ0) is 19.7. The minimum absolute atomic E-state index is 0.169. The second kappa shape index (κ2) is 7.87. The van der Waals surface area contributed by atoms with E-state index in [-0.39, 0.29) is 11.8 Å². The molecule has 5 nitrogen and oxygen atoms in total. The number of methoxy groups -OCH3 is 1. The SMILES string of the molecule is COCCN1C(=O)/C(=C2/C(=O)N(Cc3ccccc3)c3ccccc32)SC1=S. The Morgan fingerprint density at radius 3 is 2.43 bits per heavy atom. The van der Waals surface area contributed by atoms with Gasteiger partial charge in [-0.2, -0.15) is 0 Å². The Kier molecular flexibility index (Phi) is 5.30. The van der Waals surface area contributed by atoms with E-state index in [1.54, 1.807) is 12.0 Å². The third kappa shape index (κ3) is 3.26. The van der Waals surface area contributed by atoms with Crippen molar-refractivity contribution in [2.75, 3.05) is 25.2 Å². The summed E-state index contributed by atoms with van der Waals surface area (Å²) in [5, 5.41) is 0. The molecule has 0 N–H and O–H groups in total. The van der Waals surface area contributed by atoms with E-state index in [9.17, 15) is 9.59 Å². The van der Waals surface area contributed by atoms with Gasteiger partial charge in [-0.15, -0.1) is 0 Å². The van der Waals surface area contributed by atoms with Crippen molar-refractivity contribution >= 4 is 51.4 Å². The molecular formula is C21H18N2O3S2. The molecule has 0 radical (unpaired) electrons. The van der Waals surface area contributed by atoms with Crippen LogP contribution in [0.5, 0.6) is 0 Å². The highest BCUT2D eigenvalue weighted by Crippen LogP contribution is 2.44. The molecule has 1 saturated heterocycles. The van der Waals surface area contributed by atoms with Gasteiger partial charge in [0.25, 0.3) is 11.8 Å². The molecule has 0 bridgehead atoms. The van der Waals surface area contributed by atoms with Crippen molar-refractivity contribution < 1.29 is 14.3 Å². The average Bonchev–Trinajstić information content (AvgIpc) is 3.14. The molecule has 28 heavy (non-hydrogen) atoms. The number of carbonyl (C=O) groups excluding carboxylic acids is 2. The molecule has 142 valence electrons. The lowest BCUT2D eigenvalue weighted by Crippen LogP contribution is -2.32. The summed E-state index contributed by atoms with van der Waals surface area (Å²) in [6.07, 6.45) is 0. The fourth-order valence-electron chi connectivity index (χ4n) is 3.35. The largest absolute Gasteiger partial charge is 0.383 e. The minimum atomic E-state index is -0.230. The summed E-state index contributed by atoms with van der Waals surface area (Å²) >= 11 is 6.56. The zero-order valence-corrected chi connectivity index (χ0v) is 16.9. The second-order valence-electron chi connectivity index (χ2n) is 6.42. The standard InChI is InChI=1S/C21H18N2O3S2/c1-26-12-11-22-20(25)18(28-21(22)27)17-15-9-5-6-10-16(15)23(19(17)24)13-14-7-3-2-4-8-14/h2-10H,11-13H2,1H3/b18-17-. The van der Waals surface area contributed by atoms with Crippen LogP contribution < -0.4 is 4.90 Å². The maximum Gasteiger partial charge on any atom is 0.267 e. The Hall–Kier alpha value is -2.48. The maximum absolute atomic E-state index is 13.3. The van der Waals surface area contributed by atoms with E-state index in [1.807, 2.05) is 54.6 Å². The molecule has 0 saturated carbocycles. The summed E-state index contributed by atoms with van der Waals surface area (Å²) in [5.41, 5.74) is 3.05. The topological polar surface area (TPSA) is 49.9 Å². The Bertz CT molecular complexity index is 988. The molecule has 2 aromatic carbocycles. The first-order valence-corrected chi connectivity index (χ1v) is 10.1. The summed E-state index contributed by atoms with van der Waals surface area (Å²) < 4.78 is 5.52. The minimum Gasteiger partial charge on any atom is -0.383 e. The first-order valence-electron chi connectivity index (χ1n) is 8.84. The number of benzene rings is 2. The Morgan fingerprint density at radius 1 is 0.964 bits per heavy atom. The molecule has 2 aliphatic heterocycles. The van der Waals surface area contributed by atoms with Gasteiger partial charge in [-0.3, -0.25) is 14.5 Å². The van der Waals surface area contributed by atoms with Crippen molar-refractivity contribution in [2.45, 2.75) is 6.54 Å². The van der Waals surface area contributed by atoms with Crippen molar-refractivity contribution in [1.29, 1.82) is 0 Å². The molecule has 2 aromatic rings. The molecule has 0 atom stereocenters. The van der Waals surface area contributed by atoms with Gasteiger partial charge in [0.1, 0.15) is 4.32 Å². The van der Waals surface area contributed by atoms with Gasteiger partial charge in [-0.1, -0.05) is 72.5 Å². The fourth-order valence-corrected chi connectivity index (χ4v) is 4.73. The van der Waals surface area contributed by atoms with Crippen molar-refractivity contribution in [3.05, 3.63) is 70.6 Å². The van der Waals surface area contributed by atoms with Crippen LogP contribution in [0.15, 0.2) is 59.5 Å². The Morgan fingerprint density at radius 2 is 1.68 bits per heavy atom. The van der Waals surface area contributed by atoms with Crippen LogP contribution in [0.4, 0.5) is 5.69 Å². The predicted molar refractivity (Wildman–Crippen MR) is 115 cm³/mol. The monoisotopic (exact) mass is 410 g/mol. The Balaban J connectivity index is 1.74. The summed E-state index contributed by atoms with van der Waals surface area (Å²) in [6, 6.07) is 17.4. The molecule has 2 aliphatic rings. The number of anilines is 1. The van der Waals surface area contributed by atoms with Gasteiger partial charge in [-0.25, -0.2) is 0 Å². The van der Waals surface area contributed by atoms with E-state index < -0.39 is 0 Å². The quantitative estimate of drug-likeness (QED) is 0.558. The van der Waals surface area contributed by atoms with Crippen molar-refractivity contribution in [3.63, 3.8) is 0 Å².